The Bertz CT molecular complexity index is 1290. The van der Waals surface area contributed by atoms with Crippen molar-refractivity contribution in [1.29, 1.82) is 0 Å². The Labute approximate surface area is 191 Å². The zero-order valence-corrected chi connectivity index (χ0v) is 18.3. The molecule has 1 aliphatic carbocycles. The number of aromatic amines is 1. The maximum atomic E-state index is 13.8. The molecule has 7 rings (SSSR count). The van der Waals surface area contributed by atoms with Crippen LogP contribution in [-0.4, -0.2) is 52.0 Å². The van der Waals surface area contributed by atoms with E-state index in [1.807, 2.05) is 40.1 Å². The summed E-state index contributed by atoms with van der Waals surface area (Å²) in [6, 6.07) is 13.3. The first kappa shape index (κ1) is 19.0. The van der Waals surface area contributed by atoms with E-state index in [9.17, 15) is 9.59 Å². The summed E-state index contributed by atoms with van der Waals surface area (Å²) >= 11 is 0. The minimum atomic E-state index is -0.492. The SMILES string of the molecule is O=C1[C@@H]2Cc3c([nH]c4ccccc34)[C@H](c3ccc4c(c3)OCO4)N2C(=O)CN1C1CCCC1. The summed E-state index contributed by atoms with van der Waals surface area (Å²) in [6.45, 7) is 0.359. The smallest absolute Gasteiger partial charge is 0.246 e. The predicted octanol–water partition coefficient (Wildman–Crippen LogP) is 3.52. The topological polar surface area (TPSA) is 74.9 Å². The monoisotopic (exact) mass is 443 g/mol. The highest BCUT2D eigenvalue weighted by Crippen LogP contribution is 2.45. The quantitative estimate of drug-likeness (QED) is 0.658. The van der Waals surface area contributed by atoms with Gasteiger partial charge in [-0.1, -0.05) is 37.1 Å². The van der Waals surface area contributed by atoms with Crippen molar-refractivity contribution >= 4 is 22.7 Å². The lowest BCUT2D eigenvalue weighted by Crippen LogP contribution is -2.64. The number of hydrogen-bond donors (Lipinski definition) is 1. The van der Waals surface area contributed by atoms with Crippen molar-refractivity contribution in [2.24, 2.45) is 0 Å². The number of nitrogens with one attached hydrogen (secondary N) is 1. The van der Waals surface area contributed by atoms with E-state index in [1.165, 1.54) is 0 Å². The molecule has 1 aromatic heterocycles. The third-order valence-electron chi connectivity index (χ3n) is 7.77. The van der Waals surface area contributed by atoms with Crippen LogP contribution >= 0.6 is 0 Å². The number of para-hydroxylation sites is 1. The van der Waals surface area contributed by atoms with Crippen molar-refractivity contribution < 1.29 is 19.1 Å². The molecule has 2 atom stereocenters. The van der Waals surface area contributed by atoms with Crippen molar-refractivity contribution in [3.8, 4) is 11.5 Å². The fourth-order valence-corrected chi connectivity index (χ4v) is 6.24. The lowest BCUT2D eigenvalue weighted by Gasteiger charge is -2.48. The summed E-state index contributed by atoms with van der Waals surface area (Å²) in [6.07, 6.45) is 4.78. The minimum Gasteiger partial charge on any atom is -0.454 e. The molecule has 7 heteroatoms. The van der Waals surface area contributed by atoms with Gasteiger partial charge < -0.3 is 24.3 Å². The van der Waals surface area contributed by atoms with Gasteiger partial charge in [0.2, 0.25) is 18.6 Å². The molecule has 7 nitrogen and oxygen atoms in total. The van der Waals surface area contributed by atoms with Gasteiger partial charge in [-0.05, 0) is 42.2 Å². The average Bonchev–Trinajstić information content (AvgIpc) is 3.59. The lowest BCUT2D eigenvalue weighted by atomic mass is 9.85. The third-order valence-corrected chi connectivity index (χ3v) is 7.77. The maximum Gasteiger partial charge on any atom is 0.246 e. The van der Waals surface area contributed by atoms with Gasteiger partial charge >= 0.3 is 0 Å². The van der Waals surface area contributed by atoms with E-state index < -0.39 is 6.04 Å². The molecular formula is C26H25N3O4. The molecule has 2 fully saturated rings. The zero-order valence-electron chi connectivity index (χ0n) is 18.3. The van der Waals surface area contributed by atoms with Crippen LogP contribution in [0.4, 0.5) is 0 Å². The standard InChI is InChI=1S/C26H25N3O4/c30-23-13-28(16-5-1-2-6-16)26(31)20-12-18-17-7-3-4-8-19(17)27-24(18)25(29(20)23)15-9-10-21-22(11-15)33-14-32-21/h3-4,7-11,16,20,25,27H,1-2,5-6,12-14H2/t20-,25-/m0/s1. The van der Waals surface area contributed by atoms with Crippen LogP contribution in [-0.2, 0) is 16.0 Å². The molecule has 2 aromatic carbocycles. The summed E-state index contributed by atoms with van der Waals surface area (Å²) in [5.74, 6) is 1.48. The average molecular weight is 444 g/mol. The van der Waals surface area contributed by atoms with Gasteiger partial charge in [0.1, 0.15) is 12.6 Å². The number of carbonyl (C=O) groups excluding carboxylic acids is 2. The van der Waals surface area contributed by atoms with Gasteiger partial charge in [-0.15, -0.1) is 0 Å². The van der Waals surface area contributed by atoms with Crippen molar-refractivity contribution in [3.63, 3.8) is 0 Å². The maximum absolute atomic E-state index is 13.8. The van der Waals surface area contributed by atoms with Crippen molar-refractivity contribution in [2.45, 2.75) is 50.2 Å². The predicted molar refractivity (Wildman–Crippen MR) is 121 cm³/mol. The number of carbonyl (C=O) groups is 2. The van der Waals surface area contributed by atoms with Crippen LogP contribution in [0.3, 0.4) is 0 Å². The molecule has 1 saturated heterocycles. The molecule has 0 unspecified atom stereocenters. The van der Waals surface area contributed by atoms with Crippen LogP contribution < -0.4 is 9.47 Å². The lowest BCUT2D eigenvalue weighted by molar-refractivity contribution is -0.160. The normalized spacial score (nSPS) is 24.5. The first-order chi connectivity index (χ1) is 16.2. The Morgan fingerprint density at radius 1 is 0.970 bits per heavy atom. The van der Waals surface area contributed by atoms with E-state index in [0.29, 0.717) is 17.9 Å². The second kappa shape index (κ2) is 7.01. The number of ether oxygens (including phenoxy) is 2. The van der Waals surface area contributed by atoms with Crippen molar-refractivity contribution in [2.75, 3.05) is 13.3 Å². The highest BCUT2D eigenvalue weighted by Gasteiger charge is 2.49. The van der Waals surface area contributed by atoms with E-state index in [-0.39, 0.29) is 37.2 Å². The molecular weight excluding hydrogens is 418 g/mol. The van der Waals surface area contributed by atoms with E-state index in [0.717, 1.165) is 53.4 Å². The van der Waals surface area contributed by atoms with Crippen LogP contribution in [0.25, 0.3) is 10.9 Å². The third kappa shape index (κ3) is 2.74. The van der Waals surface area contributed by atoms with Gasteiger partial charge in [0.15, 0.2) is 11.5 Å². The molecule has 3 aromatic rings. The largest absolute Gasteiger partial charge is 0.454 e. The molecule has 3 aliphatic heterocycles. The molecule has 4 heterocycles. The summed E-state index contributed by atoms with van der Waals surface area (Å²) < 4.78 is 11.1. The number of piperazine rings is 1. The highest BCUT2D eigenvalue weighted by atomic mass is 16.7. The van der Waals surface area contributed by atoms with Gasteiger partial charge in [-0.3, -0.25) is 9.59 Å². The molecule has 0 radical (unpaired) electrons. The zero-order chi connectivity index (χ0) is 22.1. The Balaban J connectivity index is 1.39. The van der Waals surface area contributed by atoms with Crippen molar-refractivity contribution in [1.82, 2.24) is 14.8 Å². The molecule has 4 aliphatic rings. The summed E-state index contributed by atoms with van der Waals surface area (Å²) in [7, 11) is 0. The van der Waals surface area contributed by atoms with Crippen LogP contribution in [0.5, 0.6) is 11.5 Å². The van der Waals surface area contributed by atoms with Crippen LogP contribution in [0, 0.1) is 0 Å². The number of hydrogen-bond acceptors (Lipinski definition) is 4. The molecule has 0 spiro atoms. The van der Waals surface area contributed by atoms with Gasteiger partial charge in [-0.25, -0.2) is 0 Å². The summed E-state index contributed by atoms with van der Waals surface area (Å²) in [4.78, 5) is 34.7. The molecule has 168 valence electrons. The summed E-state index contributed by atoms with van der Waals surface area (Å²) in [5, 5.41) is 1.12. The van der Waals surface area contributed by atoms with Crippen LogP contribution in [0.15, 0.2) is 42.5 Å². The number of amides is 2. The Hall–Kier alpha value is -3.48. The van der Waals surface area contributed by atoms with E-state index in [1.54, 1.807) is 0 Å². The fraction of sp³-hybridized carbons (Fsp3) is 0.385. The Kier molecular flexibility index (Phi) is 4.04. The second-order valence-corrected chi connectivity index (χ2v) is 9.50. The van der Waals surface area contributed by atoms with E-state index >= 15 is 0 Å². The number of fused-ring (bicyclic) bond motifs is 5. The number of aromatic nitrogens is 1. The first-order valence-electron chi connectivity index (χ1n) is 11.8. The van der Waals surface area contributed by atoms with Crippen molar-refractivity contribution in [3.05, 3.63) is 59.3 Å². The second-order valence-electron chi connectivity index (χ2n) is 9.50. The Morgan fingerprint density at radius 2 is 1.79 bits per heavy atom. The number of H-pyrrole nitrogens is 1. The molecule has 1 saturated carbocycles. The number of nitrogens with zero attached hydrogens (tertiary/aromatic N) is 2. The van der Waals surface area contributed by atoms with Gasteiger partial charge in [-0.2, -0.15) is 0 Å². The number of rotatable bonds is 2. The van der Waals surface area contributed by atoms with Crippen LogP contribution in [0.1, 0.15) is 48.5 Å². The molecule has 2 amide bonds. The number of benzene rings is 2. The molecule has 1 N–H and O–H groups in total. The van der Waals surface area contributed by atoms with E-state index in [4.69, 9.17) is 9.47 Å². The van der Waals surface area contributed by atoms with Gasteiger partial charge in [0.25, 0.3) is 0 Å². The van der Waals surface area contributed by atoms with E-state index in [2.05, 4.69) is 17.1 Å². The Morgan fingerprint density at radius 3 is 2.67 bits per heavy atom. The van der Waals surface area contributed by atoms with Crippen LogP contribution in [0.2, 0.25) is 0 Å². The van der Waals surface area contributed by atoms with Gasteiger partial charge in [0.05, 0.1) is 6.04 Å². The fourth-order valence-electron chi connectivity index (χ4n) is 6.24. The highest BCUT2D eigenvalue weighted by molar-refractivity contribution is 5.98. The summed E-state index contributed by atoms with van der Waals surface area (Å²) in [5.41, 5.74) is 4.07. The first-order valence-corrected chi connectivity index (χ1v) is 11.8. The minimum absolute atomic E-state index is 0.0125. The molecule has 0 bridgehead atoms. The van der Waals surface area contributed by atoms with Gasteiger partial charge in [0, 0.05) is 29.1 Å². The molecule has 33 heavy (non-hydrogen) atoms.